The molecule has 0 saturated heterocycles. The Hall–Kier alpha value is -0.0800. The van der Waals surface area contributed by atoms with E-state index in [1.54, 1.807) is 0 Å². The van der Waals surface area contributed by atoms with Crippen LogP contribution in [0.25, 0.3) is 0 Å². The molecule has 1 unspecified atom stereocenters. The molecule has 2 nitrogen and oxygen atoms in total. The Bertz CT molecular complexity index is 117. The van der Waals surface area contributed by atoms with Crippen molar-refractivity contribution in [1.82, 2.24) is 0 Å². The molecule has 86 valence electrons. The van der Waals surface area contributed by atoms with Gasteiger partial charge >= 0.3 is 0 Å². The highest BCUT2D eigenvalue weighted by Crippen LogP contribution is 2.18. The normalized spacial score (nSPS) is 13.9. The van der Waals surface area contributed by atoms with E-state index in [-0.39, 0.29) is 12.2 Å². The minimum absolute atomic E-state index is 0.216. The van der Waals surface area contributed by atoms with Crippen LogP contribution in [0, 0.1) is 5.92 Å². The predicted octanol–water partition coefficient (Wildman–Crippen LogP) is 2.99. The molecule has 2 heteroatoms. The third-order valence-electron chi connectivity index (χ3n) is 2.46. The summed E-state index contributed by atoms with van der Waals surface area (Å²) in [5.74, 6) is 0.420. The van der Waals surface area contributed by atoms with Gasteiger partial charge in [0.05, 0.1) is 18.8 Å². The molecular formula is C12H26O2. The zero-order chi connectivity index (χ0) is 11.0. The molecule has 0 radical (unpaired) electrons. The quantitative estimate of drug-likeness (QED) is 0.655. The molecule has 0 saturated carbocycles. The summed E-state index contributed by atoms with van der Waals surface area (Å²) < 4.78 is 5.43. The van der Waals surface area contributed by atoms with E-state index >= 15 is 0 Å². The number of hydrogen-bond donors (Lipinski definition) is 1. The minimum Gasteiger partial charge on any atom is -0.390 e. The van der Waals surface area contributed by atoms with Gasteiger partial charge in [0.2, 0.25) is 0 Å². The molecular weight excluding hydrogens is 176 g/mol. The number of aliphatic hydroxyl groups excluding tert-OH is 1. The maximum Gasteiger partial charge on any atom is 0.0801 e. The van der Waals surface area contributed by atoms with E-state index in [1.807, 2.05) is 13.8 Å². The number of aliphatic hydroxyl groups is 1. The number of hydrogen-bond acceptors (Lipinski definition) is 2. The van der Waals surface area contributed by atoms with E-state index in [2.05, 4.69) is 13.8 Å². The van der Waals surface area contributed by atoms with Gasteiger partial charge in [-0.25, -0.2) is 0 Å². The van der Waals surface area contributed by atoms with Crippen molar-refractivity contribution in [3.63, 3.8) is 0 Å². The highest BCUT2D eigenvalue weighted by atomic mass is 16.5. The highest BCUT2D eigenvalue weighted by Gasteiger charge is 2.17. The van der Waals surface area contributed by atoms with Crippen LogP contribution in [0.15, 0.2) is 0 Å². The summed E-state index contributed by atoms with van der Waals surface area (Å²) in [7, 11) is 0. The molecule has 0 aliphatic heterocycles. The summed E-state index contributed by atoms with van der Waals surface area (Å²) in [6, 6.07) is 0. The molecule has 14 heavy (non-hydrogen) atoms. The van der Waals surface area contributed by atoms with Gasteiger partial charge in [-0.15, -0.1) is 0 Å². The average Bonchev–Trinajstić information content (AvgIpc) is 2.14. The minimum atomic E-state index is -0.280. The van der Waals surface area contributed by atoms with Crippen molar-refractivity contribution in [2.45, 2.75) is 65.6 Å². The van der Waals surface area contributed by atoms with Gasteiger partial charge in [-0.05, 0) is 32.6 Å². The Morgan fingerprint density at radius 3 is 1.93 bits per heavy atom. The van der Waals surface area contributed by atoms with Crippen molar-refractivity contribution in [3.05, 3.63) is 0 Å². The van der Waals surface area contributed by atoms with Crippen LogP contribution in [0.3, 0.4) is 0 Å². The SMILES string of the molecule is CCCC(CCC)C(O)COC(C)C. The van der Waals surface area contributed by atoms with Crippen molar-refractivity contribution in [2.24, 2.45) is 5.92 Å². The molecule has 1 atom stereocenters. The van der Waals surface area contributed by atoms with Crippen molar-refractivity contribution in [2.75, 3.05) is 6.61 Å². The second kappa shape index (κ2) is 8.25. The lowest BCUT2D eigenvalue weighted by molar-refractivity contribution is -0.0231. The molecule has 0 amide bonds. The Labute approximate surface area is 88.7 Å². The molecule has 0 aliphatic rings. The van der Waals surface area contributed by atoms with Crippen LogP contribution in [0.5, 0.6) is 0 Å². The largest absolute Gasteiger partial charge is 0.390 e. The molecule has 0 fully saturated rings. The fourth-order valence-corrected chi connectivity index (χ4v) is 1.70. The standard InChI is InChI=1S/C12H26O2/c1-5-7-11(8-6-2)12(13)9-14-10(3)4/h10-13H,5-9H2,1-4H3. The fourth-order valence-electron chi connectivity index (χ4n) is 1.70. The van der Waals surface area contributed by atoms with Crippen LogP contribution in [-0.4, -0.2) is 23.9 Å². The number of rotatable bonds is 8. The lowest BCUT2D eigenvalue weighted by atomic mass is 9.93. The van der Waals surface area contributed by atoms with Crippen LogP contribution in [0.1, 0.15) is 53.4 Å². The Morgan fingerprint density at radius 2 is 1.57 bits per heavy atom. The van der Waals surface area contributed by atoms with Crippen molar-refractivity contribution in [1.29, 1.82) is 0 Å². The smallest absolute Gasteiger partial charge is 0.0801 e. The predicted molar refractivity (Wildman–Crippen MR) is 60.4 cm³/mol. The first-order valence-electron chi connectivity index (χ1n) is 5.91. The molecule has 0 aromatic heterocycles. The van der Waals surface area contributed by atoms with Crippen molar-refractivity contribution >= 4 is 0 Å². The monoisotopic (exact) mass is 202 g/mol. The van der Waals surface area contributed by atoms with Gasteiger partial charge in [0.25, 0.3) is 0 Å². The summed E-state index contributed by atoms with van der Waals surface area (Å²) in [5, 5.41) is 9.90. The first kappa shape index (κ1) is 13.9. The molecule has 0 spiro atoms. The molecule has 0 aromatic carbocycles. The first-order chi connectivity index (χ1) is 6.61. The van der Waals surface area contributed by atoms with Crippen LogP contribution >= 0.6 is 0 Å². The lowest BCUT2D eigenvalue weighted by Gasteiger charge is -2.22. The zero-order valence-corrected chi connectivity index (χ0v) is 10.1. The van der Waals surface area contributed by atoms with E-state index in [1.165, 1.54) is 0 Å². The second-order valence-corrected chi connectivity index (χ2v) is 4.29. The Morgan fingerprint density at radius 1 is 1.07 bits per heavy atom. The molecule has 0 aliphatic carbocycles. The highest BCUT2D eigenvalue weighted by molar-refractivity contribution is 4.68. The topological polar surface area (TPSA) is 29.5 Å². The molecule has 0 aromatic rings. The molecule has 0 heterocycles. The van der Waals surface area contributed by atoms with Gasteiger partial charge in [-0.3, -0.25) is 0 Å². The van der Waals surface area contributed by atoms with E-state index in [0.29, 0.717) is 12.5 Å². The average molecular weight is 202 g/mol. The van der Waals surface area contributed by atoms with Gasteiger partial charge in [0, 0.05) is 0 Å². The van der Waals surface area contributed by atoms with Crippen LogP contribution in [0.4, 0.5) is 0 Å². The van der Waals surface area contributed by atoms with Gasteiger partial charge in [0.15, 0.2) is 0 Å². The molecule has 0 rings (SSSR count). The Balaban J connectivity index is 3.81. The maximum absolute atomic E-state index is 9.90. The molecule has 0 bridgehead atoms. The second-order valence-electron chi connectivity index (χ2n) is 4.29. The third-order valence-corrected chi connectivity index (χ3v) is 2.46. The van der Waals surface area contributed by atoms with E-state index in [4.69, 9.17) is 4.74 Å². The summed E-state index contributed by atoms with van der Waals surface area (Å²) in [4.78, 5) is 0. The zero-order valence-electron chi connectivity index (χ0n) is 10.1. The fraction of sp³-hybridized carbons (Fsp3) is 1.00. The summed E-state index contributed by atoms with van der Waals surface area (Å²) in [5.41, 5.74) is 0. The van der Waals surface area contributed by atoms with Crippen molar-refractivity contribution in [3.8, 4) is 0 Å². The third kappa shape index (κ3) is 6.39. The van der Waals surface area contributed by atoms with E-state index < -0.39 is 0 Å². The van der Waals surface area contributed by atoms with Crippen molar-refractivity contribution < 1.29 is 9.84 Å². The maximum atomic E-state index is 9.90. The molecule has 1 N–H and O–H groups in total. The van der Waals surface area contributed by atoms with E-state index in [0.717, 1.165) is 25.7 Å². The van der Waals surface area contributed by atoms with Gasteiger partial charge in [0.1, 0.15) is 0 Å². The van der Waals surface area contributed by atoms with Crippen LogP contribution < -0.4 is 0 Å². The van der Waals surface area contributed by atoms with Gasteiger partial charge in [-0.1, -0.05) is 26.7 Å². The number of ether oxygens (including phenoxy) is 1. The summed E-state index contributed by atoms with van der Waals surface area (Å²) in [6.07, 6.45) is 4.44. The first-order valence-corrected chi connectivity index (χ1v) is 5.91. The van der Waals surface area contributed by atoms with Crippen LogP contribution in [-0.2, 0) is 4.74 Å². The van der Waals surface area contributed by atoms with Gasteiger partial charge < -0.3 is 9.84 Å². The van der Waals surface area contributed by atoms with E-state index in [9.17, 15) is 5.11 Å². The summed E-state index contributed by atoms with van der Waals surface area (Å²) >= 11 is 0. The lowest BCUT2D eigenvalue weighted by Crippen LogP contribution is -2.27. The Kier molecular flexibility index (Phi) is 8.20. The summed E-state index contributed by atoms with van der Waals surface area (Å²) in [6.45, 7) is 8.82. The van der Waals surface area contributed by atoms with Crippen LogP contribution in [0.2, 0.25) is 0 Å². The van der Waals surface area contributed by atoms with Gasteiger partial charge in [-0.2, -0.15) is 0 Å².